The zero-order chi connectivity index (χ0) is 16.6. The monoisotopic (exact) mass is 305 g/mol. The van der Waals surface area contributed by atoms with Gasteiger partial charge in [0.2, 0.25) is 0 Å². The van der Waals surface area contributed by atoms with Crippen molar-refractivity contribution in [3.8, 4) is 11.3 Å². The zero-order valence-corrected chi connectivity index (χ0v) is 14.7. The molecular weight excluding hydrogens is 280 g/mol. The minimum absolute atomic E-state index is 0.625. The van der Waals surface area contributed by atoms with Crippen LogP contribution in [0.3, 0.4) is 0 Å². The van der Waals surface area contributed by atoms with E-state index in [1.54, 1.807) is 0 Å². The Kier molecular flexibility index (Phi) is 4.16. The predicted octanol–water partition coefficient (Wildman–Crippen LogP) is 4.54. The standard InChI is InChI=1S/C21H25N2/c1-14(2)11-17-7-6-8-18-20(17)22-13-23(5)21(18)19-12-15(3)9-10-16(19)4/h6-10,12-14H,11H2,1-5H3/q+1. The van der Waals surface area contributed by atoms with Gasteiger partial charge in [0.15, 0.2) is 5.52 Å². The van der Waals surface area contributed by atoms with Crippen LogP contribution in [0.5, 0.6) is 0 Å². The molecule has 0 saturated heterocycles. The first-order chi connectivity index (χ1) is 11.0. The van der Waals surface area contributed by atoms with E-state index in [0.29, 0.717) is 5.92 Å². The molecule has 2 heteroatoms. The van der Waals surface area contributed by atoms with Gasteiger partial charge in [-0.1, -0.05) is 43.7 Å². The van der Waals surface area contributed by atoms with Crippen LogP contribution in [-0.2, 0) is 13.5 Å². The van der Waals surface area contributed by atoms with Gasteiger partial charge in [-0.15, -0.1) is 0 Å². The number of benzene rings is 2. The van der Waals surface area contributed by atoms with Crippen LogP contribution in [0.2, 0.25) is 0 Å². The van der Waals surface area contributed by atoms with E-state index in [4.69, 9.17) is 4.98 Å². The maximum absolute atomic E-state index is 4.73. The van der Waals surface area contributed by atoms with Crippen molar-refractivity contribution in [1.29, 1.82) is 0 Å². The molecule has 0 radical (unpaired) electrons. The summed E-state index contributed by atoms with van der Waals surface area (Å²) in [7, 11) is 2.08. The maximum atomic E-state index is 4.73. The highest BCUT2D eigenvalue weighted by Crippen LogP contribution is 2.29. The number of fused-ring (bicyclic) bond motifs is 1. The Balaban J connectivity index is 2.32. The van der Waals surface area contributed by atoms with Gasteiger partial charge >= 0.3 is 0 Å². The molecule has 2 nitrogen and oxygen atoms in total. The van der Waals surface area contributed by atoms with E-state index in [2.05, 4.69) is 75.7 Å². The summed E-state index contributed by atoms with van der Waals surface area (Å²) in [4.78, 5) is 4.73. The Labute approximate surface area is 138 Å². The average molecular weight is 305 g/mol. The third kappa shape index (κ3) is 2.98. The third-order valence-electron chi connectivity index (χ3n) is 4.36. The molecule has 118 valence electrons. The van der Waals surface area contributed by atoms with E-state index in [1.807, 2.05) is 6.33 Å². The van der Waals surface area contributed by atoms with Crippen molar-refractivity contribution < 1.29 is 4.57 Å². The number of para-hydroxylation sites is 1. The van der Waals surface area contributed by atoms with Crippen molar-refractivity contribution in [3.05, 3.63) is 59.4 Å². The summed E-state index contributed by atoms with van der Waals surface area (Å²) in [6.07, 6.45) is 3.01. The van der Waals surface area contributed by atoms with Crippen molar-refractivity contribution in [2.75, 3.05) is 0 Å². The first kappa shape index (κ1) is 15.7. The second-order valence-electron chi connectivity index (χ2n) is 6.93. The fourth-order valence-corrected chi connectivity index (χ4v) is 3.26. The summed E-state index contributed by atoms with van der Waals surface area (Å²) in [5.41, 5.74) is 7.60. The first-order valence-electron chi connectivity index (χ1n) is 8.31. The van der Waals surface area contributed by atoms with Gasteiger partial charge in [0.1, 0.15) is 5.69 Å². The number of hydrogen-bond donors (Lipinski definition) is 0. The second-order valence-corrected chi connectivity index (χ2v) is 6.93. The van der Waals surface area contributed by atoms with Crippen LogP contribution in [0.1, 0.15) is 30.5 Å². The molecule has 0 N–H and O–H groups in total. The molecule has 2 aromatic carbocycles. The number of rotatable bonds is 3. The van der Waals surface area contributed by atoms with E-state index >= 15 is 0 Å². The molecule has 0 fully saturated rings. The molecule has 0 saturated carbocycles. The lowest BCUT2D eigenvalue weighted by molar-refractivity contribution is -0.662. The summed E-state index contributed by atoms with van der Waals surface area (Å²) >= 11 is 0. The smallest absolute Gasteiger partial charge is 0.232 e. The molecule has 0 atom stereocenters. The molecule has 3 aromatic rings. The fourth-order valence-electron chi connectivity index (χ4n) is 3.26. The van der Waals surface area contributed by atoms with Gasteiger partial charge in [0.25, 0.3) is 6.33 Å². The SMILES string of the molecule is Cc1ccc(C)c(-c2c3cccc(CC(C)C)c3nc[n+]2C)c1. The summed E-state index contributed by atoms with van der Waals surface area (Å²) < 4.78 is 2.14. The van der Waals surface area contributed by atoms with Crippen molar-refractivity contribution >= 4 is 10.9 Å². The Morgan fingerprint density at radius 1 is 1.09 bits per heavy atom. The lowest BCUT2D eigenvalue weighted by Crippen LogP contribution is -2.32. The molecule has 0 aliphatic heterocycles. The van der Waals surface area contributed by atoms with Gasteiger partial charge in [-0.3, -0.25) is 0 Å². The van der Waals surface area contributed by atoms with Gasteiger partial charge < -0.3 is 0 Å². The lowest BCUT2D eigenvalue weighted by atomic mass is 9.96. The predicted molar refractivity (Wildman–Crippen MR) is 96.4 cm³/mol. The lowest BCUT2D eigenvalue weighted by Gasteiger charge is -2.11. The summed E-state index contributed by atoms with van der Waals surface area (Å²) in [5, 5.41) is 1.24. The molecule has 0 aliphatic carbocycles. The van der Waals surface area contributed by atoms with Crippen molar-refractivity contribution in [3.63, 3.8) is 0 Å². The number of aromatic nitrogens is 2. The topological polar surface area (TPSA) is 16.8 Å². The molecule has 3 rings (SSSR count). The molecule has 0 bridgehead atoms. The quantitative estimate of drug-likeness (QED) is 0.649. The summed E-state index contributed by atoms with van der Waals surface area (Å²) in [5.74, 6) is 0.625. The minimum atomic E-state index is 0.625. The Morgan fingerprint density at radius 3 is 2.61 bits per heavy atom. The Hall–Kier alpha value is -2.22. The molecular formula is C21H25N2+. The number of aryl methyl sites for hydroxylation is 3. The largest absolute Gasteiger partial charge is 0.287 e. The van der Waals surface area contributed by atoms with Crippen LogP contribution in [0.4, 0.5) is 0 Å². The summed E-state index contributed by atoms with van der Waals surface area (Å²) in [6.45, 7) is 8.84. The van der Waals surface area contributed by atoms with Crippen LogP contribution in [0.15, 0.2) is 42.7 Å². The third-order valence-corrected chi connectivity index (χ3v) is 4.36. The Bertz CT molecular complexity index is 863. The van der Waals surface area contributed by atoms with Crippen molar-refractivity contribution in [1.82, 2.24) is 4.98 Å². The summed E-state index contributed by atoms with van der Waals surface area (Å²) in [6, 6.07) is 13.2. The highest BCUT2D eigenvalue weighted by molar-refractivity contribution is 5.93. The van der Waals surface area contributed by atoms with Crippen LogP contribution in [0, 0.1) is 19.8 Å². The van der Waals surface area contributed by atoms with E-state index in [-0.39, 0.29) is 0 Å². The van der Waals surface area contributed by atoms with E-state index < -0.39 is 0 Å². The van der Waals surface area contributed by atoms with E-state index in [9.17, 15) is 0 Å². The molecule has 0 spiro atoms. The molecule has 0 amide bonds. The minimum Gasteiger partial charge on any atom is -0.232 e. The van der Waals surface area contributed by atoms with Gasteiger partial charge in [-0.25, -0.2) is 4.57 Å². The molecule has 0 unspecified atom stereocenters. The van der Waals surface area contributed by atoms with Crippen molar-refractivity contribution in [2.45, 2.75) is 34.1 Å². The molecule has 1 aromatic heterocycles. The highest BCUT2D eigenvalue weighted by atomic mass is 15.0. The van der Waals surface area contributed by atoms with E-state index in [1.165, 1.54) is 33.3 Å². The van der Waals surface area contributed by atoms with Crippen LogP contribution in [-0.4, -0.2) is 4.98 Å². The van der Waals surface area contributed by atoms with Crippen LogP contribution < -0.4 is 4.57 Å². The highest BCUT2D eigenvalue weighted by Gasteiger charge is 2.19. The van der Waals surface area contributed by atoms with Gasteiger partial charge in [-0.05, 0) is 48.9 Å². The normalized spacial score (nSPS) is 11.4. The van der Waals surface area contributed by atoms with E-state index in [0.717, 1.165) is 11.9 Å². The van der Waals surface area contributed by atoms with Gasteiger partial charge in [0, 0.05) is 11.1 Å². The first-order valence-corrected chi connectivity index (χ1v) is 8.31. The number of hydrogen-bond acceptors (Lipinski definition) is 1. The fraction of sp³-hybridized carbons (Fsp3) is 0.333. The second kappa shape index (κ2) is 6.11. The zero-order valence-electron chi connectivity index (χ0n) is 14.7. The molecule has 1 heterocycles. The molecule has 23 heavy (non-hydrogen) atoms. The number of nitrogens with zero attached hydrogens (tertiary/aromatic N) is 2. The van der Waals surface area contributed by atoms with Gasteiger partial charge in [-0.2, -0.15) is 0 Å². The van der Waals surface area contributed by atoms with Gasteiger partial charge in [0.05, 0.1) is 12.4 Å². The Morgan fingerprint density at radius 2 is 1.87 bits per heavy atom. The average Bonchev–Trinajstić information content (AvgIpc) is 2.49. The maximum Gasteiger partial charge on any atom is 0.287 e. The molecule has 0 aliphatic rings. The van der Waals surface area contributed by atoms with Crippen LogP contribution >= 0.6 is 0 Å². The van der Waals surface area contributed by atoms with Crippen LogP contribution in [0.25, 0.3) is 22.2 Å². The van der Waals surface area contributed by atoms with Crippen molar-refractivity contribution in [2.24, 2.45) is 13.0 Å².